The van der Waals surface area contributed by atoms with Crippen LogP contribution in [0.1, 0.15) is 25.7 Å². The standard InChI is InChI=1S/C17H28N4S/c1-20(2)14-11-18-17(22)19-15-7-9-16(10-8-15)21-12-5-3-4-6-13-21/h7-10H,3-6,11-14H2,1-2H3,(H2,18,19,22)/p+1. The van der Waals surface area contributed by atoms with Crippen molar-refractivity contribution < 1.29 is 4.90 Å². The van der Waals surface area contributed by atoms with E-state index in [1.54, 1.807) is 0 Å². The van der Waals surface area contributed by atoms with Gasteiger partial charge in [0.15, 0.2) is 5.11 Å². The summed E-state index contributed by atoms with van der Waals surface area (Å²) in [5.41, 5.74) is 2.37. The van der Waals surface area contributed by atoms with Crippen molar-refractivity contribution in [3.05, 3.63) is 24.3 Å². The Morgan fingerprint density at radius 1 is 1.09 bits per heavy atom. The van der Waals surface area contributed by atoms with E-state index in [1.165, 1.54) is 49.4 Å². The number of rotatable bonds is 5. The van der Waals surface area contributed by atoms with Gasteiger partial charge in [0, 0.05) is 24.5 Å². The first-order valence-corrected chi connectivity index (χ1v) is 8.75. The Hall–Kier alpha value is -1.33. The van der Waals surface area contributed by atoms with Gasteiger partial charge < -0.3 is 20.4 Å². The van der Waals surface area contributed by atoms with Gasteiger partial charge in [-0.3, -0.25) is 0 Å². The lowest BCUT2D eigenvalue weighted by molar-refractivity contribution is -0.856. The van der Waals surface area contributed by atoms with E-state index in [4.69, 9.17) is 12.2 Å². The minimum absolute atomic E-state index is 0.698. The normalized spacial score (nSPS) is 15.5. The zero-order chi connectivity index (χ0) is 15.8. The van der Waals surface area contributed by atoms with E-state index in [-0.39, 0.29) is 0 Å². The van der Waals surface area contributed by atoms with Crippen molar-refractivity contribution in [2.75, 3.05) is 50.5 Å². The lowest BCUT2D eigenvalue weighted by atomic mass is 10.2. The predicted molar refractivity (Wildman–Crippen MR) is 99.0 cm³/mol. The number of likely N-dealkylation sites (N-methyl/N-ethyl adjacent to an activating group) is 1. The molecule has 0 radical (unpaired) electrons. The number of hydrogen-bond acceptors (Lipinski definition) is 2. The molecule has 3 N–H and O–H groups in total. The highest BCUT2D eigenvalue weighted by Gasteiger charge is 2.09. The summed E-state index contributed by atoms with van der Waals surface area (Å²) in [5.74, 6) is 0. The molecule has 0 aliphatic carbocycles. The Morgan fingerprint density at radius 3 is 2.32 bits per heavy atom. The van der Waals surface area contributed by atoms with Gasteiger partial charge in [-0.05, 0) is 49.3 Å². The lowest BCUT2D eigenvalue weighted by Crippen LogP contribution is -3.06. The van der Waals surface area contributed by atoms with Gasteiger partial charge in [0.1, 0.15) is 0 Å². The third-order valence-corrected chi connectivity index (χ3v) is 4.25. The van der Waals surface area contributed by atoms with E-state index < -0.39 is 0 Å². The van der Waals surface area contributed by atoms with Crippen LogP contribution < -0.4 is 20.4 Å². The highest BCUT2D eigenvalue weighted by atomic mass is 32.1. The number of nitrogens with one attached hydrogen (secondary N) is 3. The smallest absolute Gasteiger partial charge is 0.170 e. The maximum atomic E-state index is 5.32. The fourth-order valence-corrected chi connectivity index (χ4v) is 2.91. The number of quaternary nitrogens is 1. The molecule has 122 valence electrons. The van der Waals surface area contributed by atoms with E-state index in [0.29, 0.717) is 5.11 Å². The Morgan fingerprint density at radius 2 is 1.73 bits per heavy atom. The highest BCUT2D eigenvalue weighted by molar-refractivity contribution is 7.80. The predicted octanol–water partition coefficient (Wildman–Crippen LogP) is 1.50. The fourth-order valence-electron chi connectivity index (χ4n) is 2.69. The van der Waals surface area contributed by atoms with Gasteiger partial charge in [-0.25, -0.2) is 0 Å². The first-order chi connectivity index (χ1) is 10.6. The van der Waals surface area contributed by atoms with Crippen LogP contribution in [0.25, 0.3) is 0 Å². The average Bonchev–Trinajstić information content (AvgIpc) is 2.77. The topological polar surface area (TPSA) is 31.7 Å². The van der Waals surface area contributed by atoms with E-state index in [2.05, 4.69) is 53.9 Å². The molecule has 0 atom stereocenters. The molecule has 22 heavy (non-hydrogen) atoms. The molecule has 0 bridgehead atoms. The van der Waals surface area contributed by atoms with Gasteiger partial charge >= 0.3 is 0 Å². The van der Waals surface area contributed by atoms with Crippen LogP contribution in [0.2, 0.25) is 0 Å². The van der Waals surface area contributed by atoms with Crippen LogP contribution in [0.5, 0.6) is 0 Å². The van der Waals surface area contributed by atoms with Crippen LogP contribution in [-0.4, -0.2) is 45.4 Å². The molecule has 1 aromatic carbocycles. The number of thiocarbonyl (C=S) groups is 1. The van der Waals surface area contributed by atoms with Crippen molar-refractivity contribution >= 4 is 28.7 Å². The minimum Gasteiger partial charge on any atom is -0.372 e. The molecule has 0 unspecified atom stereocenters. The average molecular weight is 322 g/mol. The summed E-state index contributed by atoms with van der Waals surface area (Å²) in [6.45, 7) is 4.30. The van der Waals surface area contributed by atoms with Crippen molar-refractivity contribution in [1.82, 2.24) is 5.32 Å². The summed E-state index contributed by atoms with van der Waals surface area (Å²) < 4.78 is 0. The maximum Gasteiger partial charge on any atom is 0.170 e. The molecule has 4 nitrogen and oxygen atoms in total. The number of anilines is 2. The molecule has 0 aromatic heterocycles. The van der Waals surface area contributed by atoms with Crippen LogP contribution in [-0.2, 0) is 0 Å². The molecule has 0 saturated carbocycles. The second-order valence-electron chi connectivity index (χ2n) is 6.29. The second kappa shape index (κ2) is 8.96. The largest absolute Gasteiger partial charge is 0.372 e. The second-order valence-corrected chi connectivity index (χ2v) is 6.69. The monoisotopic (exact) mass is 321 g/mol. The van der Waals surface area contributed by atoms with Crippen molar-refractivity contribution in [2.45, 2.75) is 25.7 Å². The van der Waals surface area contributed by atoms with Crippen LogP contribution in [0.15, 0.2) is 24.3 Å². The van der Waals surface area contributed by atoms with Gasteiger partial charge in [0.05, 0.1) is 27.2 Å². The molecule has 0 amide bonds. The van der Waals surface area contributed by atoms with Gasteiger partial charge in [0.2, 0.25) is 0 Å². The van der Waals surface area contributed by atoms with Crippen LogP contribution >= 0.6 is 12.2 Å². The fraction of sp³-hybridized carbons (Fsp3) is 0.588. The van der Waals surface area contributed by atoms with Gasteiger partial charge in [0.25, 0.3) is 0 Å². The maximum absolute atomic E-state index is 5.32. The molecular weight excluding hydrogens is 292 g/mol. The zero-order valence-electron chi connectivity index (χ0n) is 13.8. The van der Waals surface area contributed by atoms with Gasteiger partial charge in [-0.2, -0.15) is 0 Å². The molecule has 1 heterocycles. The Labute approximate surface area is 139 Å². The molecule has 1 aliphatic rings. The third kappa shape index (κ3) is 5.81. The highest BCUT2D eigenvalue weighted by Crippen LogP contribution is 2.21. The van der Waals surface area contributed by atoms with Crippen molar-refractivity contribution in [3.63, 3.8) is 0 Å². The summed E-state index contributed by atoms with van der Waals surface area (Å²) in [5, 5.41) is 7.19. The summed E-state index contributed by atoms with van der Waals surface area (Å²) in [6, 6.07) is 8.62. The van der Waals surface area contributed by atoms with Gasteiger partial charge in [-0.1, -0.05) is 12.8 Å². The molecule has 2 rings (SSSR count). The number of hydrogen-bond donors (Lipinski definition) is 3. The molecule has 1 saturated heterocycles. The Bertz CT molecular complexity index is 450. The molecule has 0 spiro atoms. The molecular formula is C17H29N4S+. The summed E-state index contributed by atoms with van der Waals surface area (Å²) in [4.78, 5) is 3.91. The van der Waals surface area contributed by atoms with Gasteiger partial charge in [-0.15, -0.1) is 0 Å². The summed E-state index contributed by atoms with van der Waals surface area (Å²) in [7, 11) is 4.28. The molecule has 1 fully saturated rings. The SMILES string of the molecule is C[NH+](C)CCNC(=S)Nc1ccc(N2CCCCCC2)cc1. The third-order valence-electron chi connectivity index (χ3n) is 4.01. The Kier molecular flexibility index (Phi) is 6.93. The van der Waals surface area contributed by atoms with E-state index in [1.807, 2.05) is 0 Å². The first-order valence-electron chi connectivity index (χ1n) is 8.34. The molecule has 1 aromatic rings. The van der Waals surface area contributed by atoms with Crippen LogP contribution in [0, 0.1) is 0 Å². The first kappa shape index (κ1) is 17.0. The summed E-state index contributed by atoms with van der Waals surface area (Å²) >= 11 is 5.32. The van der Waals surface area contributed by atoms with Crippen molar-refractivity contribution in [2.24, 2.45) is 0 Å². The van der Waals surface area contributed by atoms with Crippen molar-refractivity contribution in [3.8, 4) is 0 Å². The number of benzene rings is 1. The summed E-state index contributed by atoms with van der Waals surface area (Å²) in [6.07, 6.45) is 5.35. The van der Waals surface area contributed by atoms with E-state index >= 15 is 0 Å². The van der Waals surface area contributed by atoms with Crippen molar-refractivity contribution in [1.29, 1.82) is 0 Å². The molecule has 5 heteroatoms. The molecule has 1 aliphatic heterocycles. The van der Waals surface area contributed by atoms with E-state index in [9.17, 15) is 0 Å². The number of nitrogens with zero attached hydrogens (tertiary/aromatic N) is 1. The van der Waals surface area contributed by atoms with E-state index in [0.717, 1.165) is 18.8 Å². The zero-order valence-corrected chi connectivity index (χ0v) is 14.6. The van der Waals surface area contributed by atoms with Crippen LogP contribution in [0.3, 0.4) is 0 Å². The quantitative estimate of drug-likeness (QED) is 0.718. The van der Waals surface area contributed by atoms with Crippen LogP contribution in [0.4, 0.5) is 11.4 Å². The minimum atomic E-state index is 0.698. The lowest BCUT2D eigenvalue weighted by Gasteiger charge is -2.23. The Balaban J connectivity index is 1.82.